The number of carbonyl (C=O) groups is 1. The molecule has 4 aliphatic carbocycles. The standard InChI is InChI=1S/C74H122ClF3N12O/c1-10-52(2)67-47-83-70(60-27-21-28-60)54(4)82-48-68-69(72(91)88-41-19-12-20-42-88)57(7)90(68)71(61-25-15-16-26-61)55(5)85-73(35-17-18-36-73)51-80-39-38-79-37-34-62(32-30-59-31-33-65(66(75)46-59)74(76,77)78)81-40-44-86(8)49-64(45-58-23-13-11-14-24-58)87(9)50-63-29-22-43-89(63)56(6)53(3)84-67/h31,33-34,37,40,44,46,49-50,52-58,60-61,67-71,80-85H,10-30,32,35-36,38-39,41-43,45,47-48,51H2,1-9H3/t52-,53?,54?,55?,56-,57?,67+,68?,69-,70+,71+/m0/s1. The SMILES string of the molecule is CC[C@H](C)[C@H]1CN[C@@H](C2CCC2)C(C)NCC2[C@@H](C(=O)N3CCCCC3)C(C)N2[C@@H](C2CCCC2)C(C)NC2(CCCC2)CNCCN=CC=C(CCc2ccc(C(F)(F)F)c(Cl)c2)NC=CN(C)C=C(CC2CCCCC2)N(C)C=C2CCCN2[C@@H](C)C(C)N1. The van der Waals surface area contributed by atoms with Crippen molar-refractivity contribution in [2.75, 3.05) is 66.5 Å². The summed E-state index contributed by atoms with van der Waals surface area (Å²) in [4.78, 5) is 32.2. The minimum atomic E-state index is -4.51. The molecule has 7 fully saturated rings. The number of piperidine rings is 1. The molecule has 4 heterocycles. The van der Waals surface area contributed by atoms with E-state index in [2.05, 4.69) is 138 Å². The van der Waals surface area contributed by atoms with Gasteiger partial charge in [-0.25, -0.2) is 0 Å². The van der Waals surface area contributed by atoms with Crippen molar-refractivity contribution in [3.8, 4) is 0 Å². The van der Waals surface area contributed by atoms with Gasteiger partial charge in [0.2, 0.25) is 5.91 Å². The number of benzene rings is 1. The van der Waals surface area contributed by atoms with Crippen LogP contribution in [0.2, 0.25) is 5.02 Å². The molecule has 3 saturated heterocycles. The lowest BCUT2D eigenvalue weighted by molar-refractivity contribution is -0.162. The lowest BCUT2D eigenvalue weighted by Crippen LogP contribution is -2.76. The first-order valence-corrected chi connectivity index (χ1v) is 37.1. The second-order valence-corrected chi connectivity index (χ2v) is 30.3. The summed E-state index contributed by atoms with van der Waals surface area (Å²) in [5, 5.41) is 24.3. The van der Waals surface area contributed by atoms with Crippen molar-refractivity contribution in [2.24, 2.45) is 34.6 Å². The first-order chi connectivity index (χ1) is 43.8. The summed E-state index contributed by atoms with van der Waals surface area (Å²) < 4.78 is 41.1. The summed E-state index contributed by atoms with van der Waals surface area (Å²) in [7, 11) is 4.34. The molecular formula is C74H122ClF3N12O. The fraction of sp³-hybridized carbons (Fsp3) is 0.784. The number of aryl methyl sites for hydroxylation is 1. The summed E-state index contributed by atoms with van der Waals surface area (Å²) in [5.74, 6) is 2.73. The van der Waals surface area contributed by atoms with Crippen LogP contribution in [0.25, 0.3) is 0 Å². The number of carbonyl (C=O) groups excluding carboxylic acids is 1. The molecule has 11 atom stereocenters. The smallest absolute Gasteiger partial charge is 0.369 e. The number of nitrogens with one attached hydrogen (secondary N) is 6. The Morgan fingerprint density at radius 3 is 2.20 bits per heavy atom. The molecule has 91 heavy (non-hydrogen) atoms. The van der Waals surface area contributed by atoms with E-state index >= 15 is 0 Å². The van der Waals surface area contributed by atoms with Crippen molar-refractivity contribution in [3.63, 3.8) is 0 Å². The van der Waals surface area contributed by atoms with Gasteiger partial charge in [-0.05, 0) is 172 Å². The van der Waals surface area contributed by atoms with Crippen molar-refractivity contribution in [3.05, 3.63) is 82.3 Å². The average Bonchev–Trinajstić information content (AvgIpc) is 1.01. The summed E-state index contributed by atoms with van der Waals surface area (Å²) >= 11 is 6.22. The molecule has 0 radical (unpaired) electrons. The van der Waals surface area contributed by atoms with Gasteiger partial charge in [0.25, 0.3) is 0 Å². The van der Waals surface area contributed by atoms with Crippen molar-refractivity contribution < 1.29 is 18.0 Å². The molecule has 1 spiro atoms. The highest BCUT2D eigenvalue weighted by atomic mass is 35.5. The number of nitrogens with zero attached hydrogens (tertiary/aromatic N) is 6. The van der Waals surface area contributed by atoms with Crippen molar-refractivity contribution in [1.29, 1.82) is 0 Å². The normalized spacial score (nSPS) is 31.6. The number of allylic oxidation sites excluding steroid dienone is 4. The third kappa shape index (κ3) is 19.3. The van der Waals surface area contributed by atoms with Crippen LogP contribution >= 0.6 is 11.6 Å². The average molecular weight is 1290 g/mol. The summed E-state index contributed by atoms with van der Waals surface area (Å²) in [6, 6.07) is 6.42. The van der Waals surface area contributed by atoms with E-state index in [1.54, 1.807) is 0 Å². The number of halogens is 4. The Labute approximate surface area is 553 Å². The van der Waals surface area contributed by atoms with Gasteiger partial charge < -0.3 is 51.5 Å². The van der Waals surface area contributed by atoms with E-state index in [-0.39, 0.29) is 46.7 Å². The number of hydrogen-bond acceptors (Lipinski definition) is 12. The van der Waals surface area contributed by atoms with Gasteiger partial charge in [-0.3, -0.25) is 14.7 Å². The van der Waals surface area contributed by atoms with Crippen LogP contribution in [0, 0.1) is 29.6 Å². The van der Waals surface area contributed by atoms with Gasteiger partial charge in [0.05, 0.1) is 23.0 Å². The van der Waals surface area contributed by atoms with E-state index in [1.165, 1.54) is 120 Å². The molecule has 6 N–H and O–H groups in total. The highest BCUT2D eigenvalue weighted by Gasteiger charge is 2.56. The Kier molecular flexibility index (Phi) is 27.0. The topological polar surface area (TPSA) is 118 Å². The van der Waals surface area contributed by atoms with E-state index in [1.807, 2.05) is 18.5 Å². The minimum absolute atomic E-state index is 0.0182. The molecule has 1 aromatic carbocycles. The lowest BCUT2D eigenvalue weighted by Gasteiger charge is -2.60. The second-order valence-electron chi connectivity index (χ2n) is 29.9. The Bertz CT molecular complexity index is 2570. The van der Waals surface area contributed by atoms with Gasteiger partial charge in [-0.2, -0.15) is 13.2 Å². The van der Waals surface area contributed by atoms with Crippen LogP contribution in [0.4, 0.5) is 13.2 Å². The molecule has 4 saturated carbocycles. The second kappa shape index (κ2) is 34.3. The van der Waals surface area contributed by atoms with Gasteiger partial charge in [-0.1, -0.05) is 102 Å². The number of rotatable bonds is 10. The maximum absolute atomic E-state index is 15.0. The first-order valence-electron chi connectivity index (χ1n) is 36.7. The van der Waals surface area contributed by atoms with Crippen LogP contribution in [0.5, 0.6) is 0 Å². The maximum atomic E-state index is 15.0. The zero-order chi connectivity index (χ0) is 64.7. The van der Waals surface area contributed by atoms with Crippen LogP contribution in [0.15, 0.2) is 71.2 Å². The lowest BCUT2D eigenvalue weighted by atomic mass is 9.73. The van der Waals surface area contributed by atoms with E-state index in [4.69, 9.17) is 16.6 Å². The van der Waals surface area contributed by atoms with Gasteiger partial charge in [0.1, 0.15) is 0 Å². The number of likely N-dealkylation sites (tertiary alicyclic amines) is 1. The van der Waals surface area contributed by atoms with E-state index in [0.29, 0.717) is 73.1 Å². The summed E-state index contributed by atoms with van der Waals surface area (Å²) in [5.41, 5.74) is 3.49. The highest BCUT2D eigenvalue weighted by molar-refractivity contribution is 6.31. The molecule has 1 aromatic rings. The molecule has 0 aromatic heterocycles. The Balaban J connectivity index is 1.00. The number of amides is 1. The van der Waals surface area contributed by atoms with E-state index in [9.17, 15) is 18.0 Å². The summed E-state index contributed by atoms with van der Waals surface area (Å²) in [6.45, 7) is 23.7. The summed E-state index contributed by atoms with van der Waals surface area (Å²) in [6.07, 6.45) is 36.9. The van der Waals surface area contributed by atoms with Gasteiger partial charge in [-0.15, -0.1) is 0 Å². The molecule has 4 aliphatic heterocycles. The maximum Gasteiger partial charge on any atom is 0.417 e. The Hall–Kier alpha value is -3.64. The molecule has 13 nitrogen and oxygen atoms in total. The molecule has 5 unspecified atom stereocenters. The number of alkyl halides is 3. The molecule has 1 amide bonds. The van der Waals surface area contributed by atoms with E-state index < -0.39 is 11.7 Å². The molecular weight excluding hydrogens is 1170 g/mol. The molecule has 0 bridgehead atoms. The monoisotopic (exact) mass is 1290 g/mol. The quantitative estimate of drug-likeness (QED) is 0.134. The van der Waals surface area contributed by atoms with Crippen LogP contribution in [-0.4, -0.2) is 163 Å². The van der Waals surface area contributed by atoms with Crippen LogP contribution in [0.1, 0.15) is 214 Å². The third-order valence-corrected chi connectivity index (χ3v) is 23.8. The van der Waals surface area contributed by atoms with Gasteiger partial charge >= 0.3 is 6.18 Å². The largest absolute Gasteiger partial charge is 0.417 e. The zero-order valence-corrected chi connectivity index (χ0v) is 58.5. The highest BCUT2D eigenvalue weighted by Crippen LogP contribution is 2.45. The van der Waals surface area contributed by atoms with Crippen molar-refractivity contribution in [1.82, 2.24) is 56.4 Å². The predicted molar refractivity (Wildman–Crippen MR) is 371 cm³/mol. The third-order valence-electron chi connectivity index (χ3n) is 23.5. The minimum Gasteiger partial charge on any atom is -0.369 e. The molecule has 8 aliphatic rings. The van der Waals surface area contributed by atoms with Gasteiger partial charge in [0, 0.05) is 168 Å². The predicted octanol–water partition coefficient (Wildman–Crippen LogP) is 13.6. The fourth-order valence-corrected chi connectivity index (χ4v) is 17.8. The number of fused-ring (bicyclic) bond motifs is 2. The van der Waals surface area contributed by atoms with Crippen molar-refractivity contribution in [2.45, 2.75) is 275 Å². The molecule has 9 rings (SSSR count). The molecule has 512 valence electrons. The van der Waals surface area contributed by atoms with Gasteiger partial charge in [0.15, 0.2) is 0 Å². The zero-order valence-electron chi connectivity index (χ0n) is 57.7. The van der Waals surface area contributed by atoms with E-state index in [0.717, 1.165) is 115 Å². The number of aliphatic imine (C=N–C) groups is 1. The van der Waals surface area contributed by atoms with Crippen LogP contribution in [0.3, 0.4) is 0 Å². The number of hydrogen-bond donors (Lipinski definition) is 6. The van der Waals surface area contributed by atoms with Crippen molar-refractivity contribution >= 4 is 23.7 Å². The first kappa shape index (κ1) is 71.6. The Morgan fingerprint density at radius 1 is 0.791 bits per heavy atom. The van der Waals surface area contributed by atoms with Crippen LogP contribution < -0.4 is 31.9 Å². The fourth-order valence-electron chi connectivity index (χ4n) is 17.5. The van der Waals surface area contributed by atoms with Crippen LogP contribution in [-0.2, 0) is 17.4 Å². The Morgan fingerprint density at radius 2 is 1.51 bits per heavy atom. The molecule has 17 heteroatoms.